The van der Waals surface area contributed by atoms with Gasteiger partial charge in [-0.1, -0.05) is 44.7 Å². The van der Waals surface area contributed by atoms with E-state index in [9.17, 15) is 4.79 Å². The van der Waals surface area contributed by atoms with E-state index in [1.165, 1.54) is 5.01 Å². The minimum absolute atomic E-state index is 0.0898. The van der Waals surface area contributed by atoms with Gasteiger partial charge in [0, 0.05) is 18.3 Å². The third kappa shape index (κ3) is 6.59. The highest BCUT2D eigenvalue weighted by atomic mass is 16.1. The monoisotopic (exact) mass is 380 g/mol. The van der Waals surface area contributed by atoms with Crippen molar-refractivity contribution in [2.45, 2.75) is 33.6 Å². The number of hydrogen-bond donors (Lipinski definition) is 3. The van der Waals surface area contributed by atoms with Crippen LogP contribution in [0.4, 0.5) is 5.69 Å². The summed E-state index contributed by atoms with van der Waals surface area (Å²) < 4.78 is 0. The van der Waals surface area contributed by atoms with Gasteiger partial charge >= 0.3 is 0 Å². The number of rotatable bonds is 10. The van der Waals surface area contributed by atoms with Gasteiger partial charge < -0.3 is 11.1 Å². The smallest absolute Gasteiger partial charge is 0.251 e. The van der Waals surface area contributed by atoms with Gasteiger partial charge in [0.1, 0.15) is 0 Å². The highest BCUT2D eigenvalue weighted by Gasteiger charge is 2.10. The molecule has 0 saturated carbocycles. The van der Waals surface area contributed by atoms with Crippen molar-refractivity contribution in [3.05, 3.63) is 89.8 Å². The Bertz CT molecular complexity index is 785. The lowest BCUT2D eigenvalue weighted by molar-refractivity contribution is 0.0953. The van der Waals surface area contributed by atoms with Gasteiger partial charge in [-0.2, -0.15) is 0 Å². The van der Waals surface area contributed by atoms with Crippen molar-refractivity contribution in [2.75, 3.05) is 11.6 Å². The molecule has 0 aromatic heterocycles. The summed E-state index contributed by atoms with van der Waals surface area (Å²) in [5.74, 6) is 6.03. The average Bonchev–Trinajstić information content (AvgIpc) is 2.71. The number of benzene rings is 1. The zero-order valence-electron chi connectivity index (χ0n) is 17.2. The molecule has 5 heteroatoms. The zero-order valence-corrected chi connectivity index (χ0v) is 17.2. The van der Waals surface area contributed by atoms with E-state index in [-0.39, 0.29) is 5.91 Å². The molecule has 0 atom stereocenters. The van der Waals surface area contributed by atoms with Gasteiger partial charge in [0.05, 0.1) is 11.4 Å². The lowest BCUT2D eigenvalue weighted by atomic mass is 9.97. The summed E-state index contributed by atoms with van der Waals surface area (Å²) in [6.45, 7) is 14.5. The topological polar surface area (TPSA) is 84.4 Å². The van der Waals surface area contributed by atoms with Crippen molar-refractivity contribution in [3.8, 4) is 0 Å². The number of amides is 1. The summed E-state index contributed by atoms with van der Waals surface area (Å²) in [7, 11) is 0. The zero-order chi connectivity index (χ0) is 21.1. The van der Waals surface area contributed by atoms with Gasteiger partial charge in [-0.05, 0) is 61.3 Å². The van der Waals surface area contributed by atoms with E-state index in [0.717, 1.165) is 24.0 Å². The van der Waals surface area contributed by atoms with Crippen molar-refractivity contribution in [1.29, 1.82) is 0 Å². The first kappa shape index (κ1) is 23.0. The Hall–Kier alpha value is -3.05. The Labute approximate surface area is 168 Å². The van der Waals surface area contributed by atoms with Crippen molar-refractivity contribution in [3.63, 3.8) is 0 Å². The van der Waals surface area contributed by atoms with Crippen LogP contribution in [0.25, 0.3) is 0 Å². The van der Waals surface area contributed by atoms with Crippen LogP contribution in [0.1, 0.15) is 44.0 Å². The maximum Gasteiger partial charge on any atom is 0.251 e. The van der Waals surface area contributed by atoms with Gasteiger partial charge in [-0.3, -0.25) is 9.80 Å². The summed E-state index contributed by atoms with van der Waals surface area (Å²) in [6, 6.07) is 7.03. The lowest BCUT2D eigenvalue weighted by Gasteiger charge is -2.18. The molecule has 0 radical (unpaired) electrons. The van der Waals surface area contributed by atoms with E-state index >= 15 is 0 Å². The fourth-order valence-electron chi connectivity index (χ4n) is 2.47. The van der Waals surface area contributed by atoms with Crippen LogP contribution in [-0.2, 0) is 0 Å². The van der Waals surface area contributed by atoms with E-state index in [1.54, 1.807) is 36.5 Å². The summed E-state index contributed by atoms with van der Waals surface area (Å²) in [5.41, 5.74) is 10.6. The minimum atomic E-state index is -0.0898. The molecule has 0 saturated heterocycles. The van der Waals surface area contributed by atoms with Crippen LogP contribution in [0.5, 0.6) is 0 Å². The Morgan fingerprint density at radius 2 is 1.93 bits per heavy atom. The first-order valence-corrected chi connectivity index (χ1v) is 9.40. The van der Waals surface area contributed by atoms with Crippen molar-refractivity contribution >= 4 is 11.6 Å². The van der Waals surface area contributed by atoms with Crippen LogP contribution >= 0.6 is 0 Å². The van der Waals surface area contributed by atoms with Gasteiger partial charge in [-0.25, -0.2) is 5.84 Å². The van der Waals surface area contributed by atoms with Crippen molar-refractivity contribution < 1.29 is 4.79 Å². The van der Waals surface area contributed by atoms with E-state index in [2.05, 4.69) is 25.4 Å². The molecular formula is C23H32N4O. The predicted molar refractivity (Wildman–Crippen MR) is 119 cm³/mol. The molecule has 5 N–H and O–H groups in total. The second-order valence-electron chi connectivity index (χ2n) is 6.41. The lowest BCUT2D eigenvalue weighted by Crippen LogP contribution is -2.27. The van der Waals surface area contributed by atoms with E-state index in [1.807, 2.05) is 26.0 Å². The molecule has 0 fully saturated rings. The number of hydrazine groups is 1. The first-order chi connectivity index (χ1) is 13.3. The molecule has 0 aliphatic carbocycles. The number of hydrogen-bond acceptors (Lipinski definition) is 4. The number of anilines is 1. The molecule has 1 rings (SSSR count). The summed E-state index contributed by atoms with van der Waals surface area (Å²) in [6.07, 6.45) is 9.16. The molecule has 0 bridgehead atoms. The van der Waals surface area contributed by atoms with Crippen LogP contribution in [0.15, 0.2) is 84.3 Å². The SMILES string of the molecule is C=C/C=C(C(=C)/C(N)=C/N(N)c1ccc(C(=O)NCCCC)cc1)\C(C)=C/C. The van der Waals surface area contributed by atoms with Crippen LogP contribution in [0, 0.1) is 0 Å². The molecular weight excluding hydrogens is 348 g/mol. The van der Waals surface area contributed by atoms with E-state index in [4.69, 9.17) is 11.6 Å². The second-order valence-corrected chi connectivity index (χ2v) is 6.41. The Kier molecular flexibility index (Phi) is 9.54. The Morgan fingerprint density at radius 3 is 2.46 bits per heavy atom. The molecule has 0 spiro atoms. The molecule has 0 aliphatic heterocycles. The molecule has 0 heterocycles. The van der Waals surface area contributed by atoms with Crippen molar-refractivity contribution in [1.82, 2.24) is 5.32 Å². The van der Waals surface area contributed by atoms with Crippen LogP contribution in [-0.4, -0.2) is 12.5 Å². The van der Waals surface area contributed by atoms with Crippen LogP contribution in [0.3, 0.4) is 0 Å². The number of unbranched alkanes of at least 4 members (excludes halogenated alkanes) is 1. The molecule has 0 unspecified atom stereocenters. The average molecular weight is 381 g/mol. The van der Waals surface area contributed by atoms with Gasteiger partial charge in [0.2, 0.25) is 0 Å². The number of carbonyl (C=O) groups is 1. The molecule has 0 aliphatic rings. The number of nitrogens with zero attached hydrogens (tertiary/aromatic N) is 1. The summed E-state index contributed by atoms with van der Waals surface area (Å²) in [4.78, 5) is 12.1. The van der Waals surface area contributed by atoms with E-state index in [0.29, 0.717) is 29.1 Å². The molecule has 1 amide bonds. The number of nitrogens with one attached hydrogen (secondary N) is 1. The molecule has 5 nitrogen and oxygen atoms in total. The van der Waals surface area contributed by atoms with Gasteiger partial charge in [0.15, 0.2) is 0 Å². The minimum Gasteiger partial charge on any atom is -0.397 e. The Balaban J connectivity index is 2.92. The fraction of sp³-hybridized carbons (Fsp3) is 0.261. The van der Waals surface area contributed by atoms with Crippen LogP contribution in [0.2, 0.25) is 0 Å². The number of nitrogens with two attached hydrogens (primary N) is 2. The summed E-state index contributed by atoms with van der Waals surface area (Å²) in [5, 5.41) is 4.30. The highest BCUT2D eigenvalue weighted by molar-refractivity contribution is 5.94. The van der Waals surface area contributed by atoms with Gasteiger partial charge in [-0.15, -0.1) is 0 Å². The van der Waals surface area contributed by atoms with Crippen LogP contribution < -0.4 is 21.9 Å². The van der Waals surface area contributed by atoms with E-state index < -0.39 is 0 Å². The number of allylic oxidation sites excluding steroid dienone is 5. The first-order valence-electron chi connectivity index (χ1n) is 9.40. The third-order valence-corrected chi connectivity index (χ3v) is 4.34. The van der Waals surface area contributed by atoms with Gasteiger partial charge in [0.25, 0.3) is 5.91 Å². The molecule has 150 valence electrons. The standard InChI is InChI=1S/C23H32N4O/c1-6-9-15-26-23(28)19-11-13-20(14-12-19)27(25)16-22(24)18(5)21(10-7-2)17(4)8-3/h7-8,10-14,16H,2,5-6,9,15,24-25H2,1,3-4H3,(H,26,28)/b17-8-,21-10+,22-16-. The maximum atomic E-state index is 12.1. The molecule has 1 aromatic carbocycles. The highest BCUT2D eigenvalue weighted by Crippen LogP contribution is 2.23. The maximum absolute atomic E-state index is 12.1. The summed E-state index contributed by atoms with van der Waals surface area (Å²) >= 11 is 0. The molecule has 28 heavy (non-hydrogen) atoms. The largest absolute Gasteiger partial charge is 0.397 e. The van der Waals surface area contributed by atoms with Crippen molar-refractivity contribution in [2.24, 2.45) is 11.6 Å². The third-order valence-electron chi connectivity index (χ3n) is 4.34. The fourth-order valence-corrected chi connectivity index (χ4v) is 2.47. The Morgan fingerprint density at radius 1 is 1.29 bits per heavy atom. The predicted octanol–water partition coefficient (Wildman–Crippen LogP) is 4.33. The molecule has 1 aromatic rings. The quantitative estimate of drug-likeness (QED) is 0.244. The normalized spacial score (nSPS) is 12.5. The second kappa shape index (κ2) is 11.6. The number of carbonyl (C=O) groups excluding carboxylic acids is 1.